The average Bonchev–Trinajstić information content (AvgIpc) is 2.08. The molecule has 5 heteroatoms. The summed E-state index contributed by atoms with van der Waals surface area (Å²) in [5, 5.41) is 20.5. The van der Waals surface area contributed by atoms with Crippen LogP contribution in [0.4, 0.5) is 4.79 Å². The Hall–Kier alpha value is -1.28. The van der Waals surface area contributed by atoms with Gasteiger partial charge >= 0.3 is 6.09 Å². The molecule has 2 unspecified atom stereocenters. The molecule has 72 valence electrons. The van der Waals surface area contributed by atoms with Crippen LogP contribution in [0, 0.1) is 11.3 Å². The van der Waals surface area contributed by atoms with Gasteiger partial charge in [0.25, 0.3) is 0 Å². The van der Waals surface area contributed by atoms with E-state index in [4.69, 9.17) is 10.4 Å². The first-order valence-electron chi connectivity index (χ1n) is 4.25. The number of carbonyl (C=O) groups is 1. The number of piperazine rings is 1. The Morgan fingerprint density at radius 2 is 2.54 bits per heavy atom. The van der Waals surface area contributed by atoms with Crippen molar-refractivity contribution in [2.24, 2.45) is 0 Å². The van der Waals surface area contributed by atoms with Crippen molar-refractivity contribution in [3.05, 3.63) is 0 Å². The molecule has 0 saturated carbocycles. The second kappa shape index (κ2) is 4.10. The largest absolute Gasteiger partial charge is 0.465 e. The van der Waals surface area contributed by atoms with Crippen LogP contribution in [0.15, 0.2) is 0 Å². The lowest BCUT2D eigenvalue weighted by atomic mass is 10.1. The maximum atomic E-state index is 10.8. The highest BCUT2D eigenvalue weighted by Gasteiger charge is 2.28. The maximum Gasteiger partial charge on any atom is 0.407 e. The van der Waals surface area contributed by atoms with Crippen LogP contribution in [-0.2, 0) is 0 Å². The fourth-order valence-corrected chi connectivity index (χ4v) is 1.48. The molecule has 0 bridgehead atoms. The van der Waals surface area contributed by atoms with E-state index in [1.54, 1.807) is 0 Å². The van der Waals surface area contributed by atoms with Gasteiger partial charge in [0.15, 0.2) is 0 Å². The minimum absolute atomic E-state index is 0.172. The van der Waals surface area contributed by atoms with Crippen LogP contribution in [0.25, 0.3) is 0 Å². The third-order valence-electron chi connectivity index (χ3n) is 2.19. The molecular formula is C8H13N3O2. The van der Waals surface area contributed by atoms with Gasteiger partial charge in [-0.05, 0) is 6.92 Å². The molecule has 0 spiro atoms. The Kier molecular flexibility index (Phi) is 3.09. The molecule has 0 aromatic carbocycles. The number of amides is 1. The molecular weight excluding hydrogens is 170 g/mol. The van der Waals surface area contributed by atoms with Crippen molar-refractivity contribution in [2.75, 3.05) is 13.1 Å². The van der Waals surface area contributed by atoms with Crippen molar-refractivity contribution >= 4 is 6.09 Å². The third kappa shape index (κ3) is 2.33. The van der Waals surface area contributed by atoms with Gasteiger partial charge in [-0.2, -0.15) is 5.26 Å². The molecule has 2 N–H and O–H groups in total. The molecule has 1 heterocycles. The van der Waals surface area contributed by atoms with Crippen molar-refractivity contribution < 1.29 is 9.90 Å². The molecule has 0 aromatic rings. The minimum Gasteiger partial charge on any atom is -0.465 e. The highest BCUT2D eigenvalue weighted by atomic mass is 16.4. The zero-order chi connectivity index (χ0) is 9.84. The average molecular weight is 183 g/mol. The molecule has 0 radical (unpaired) electrons. The Labute approximate surface area is 76.9 Å². The summed E-state index contributed by atoms with van der Waals surface area (Å²) in [6, 6.07) is 1.97. The van der Waals surface area contributed by atoms with Crippen LogP contribution in [0.3, 0.4) is 0 Å². The number of hydrogen-bond donors (Lipinski definition) is 2. The van der Waals surface area contributed by atoms with E-state index in [9.17, 15) is 4.79 Å². The van der Waals surface area contributed by atoms with Crippen molar-refractivity contribution in [3.63, 3.8) is 0 Å². The SMILES string of the molecule is CC1CN(C(=O)O)C(CC#N)CN1. The Morgan fingerprint density at radius 1 is 1.85 bits per heavy atom. The molecule has 1 fully saturated rings. The van der Waals surface area contributed by atoms with Crippen molar-refractivity contribution in [2.45, 2.75) is 25.4 Å². The summed E-state index contributed by atoms with van der Waals surface area (Å²) in [4.78, 5) is 12.1. The zero-order valence-electron chi connectivity index (χ0n) is 7.53. The molecule has 13 heavy (non-hydrogen) atoms. The van der Waals surface area contributed by atoms with Gasteiger partial charge in [0, 0.05) is 19.1 Å². The van der Waals surface area contributed by atoms with Gasteiger partial charge in [-0.1, -0.05) is 0 Å². The lowest BCUT2D eigenvalue weighted by Gasteiger charge is -2.36. The first kappa shape index (κ1) is 9.81. The van der Waals surface area contributed by atoms with Gasteiger partial charge in [0.1, 0.15) is 0 Å². The molecule has 2 atom stereocenters. The van der Waals surface area contributed by atoms with E-state index < -0.39 is 6.09 Å². The second-order valence-electron chi connectivity index (χ2n) is 3.26. The number of hydrogen-bond acceptors (Lipinski definition) is 3. The molecule has 1 aliphatic rings. The fourth-order valence-electron chi connectivity index (χ4n) is 1.48. The van der Waals surface area contributed by atoms with Gasteiger partial charge in [-0.15, -0.1) is 0 Å². The Morgan fingerprint density at radius 3 is 3.08 bits per heavy atom. The minimum atomic E-state index is -0.936. The number of nitrogens with zero attached hydrogens (tertiary/aromatic N) is 2. The van der Waals surface area contributed by atoms with E-state index >= 15 is 0 Å². The first-order valence-corrected chi connectivity index (χ1v) is 4.25. The van der Waals surface area contributed by atoms with E-state index in [-0.39, 0.29) is 18.5 Å². The fraction of sp³-hybridized carbons (Fsp3) is 0.750. The lowest BCUT2D eigenvalue weighted by Crippen LogP contribution is -2.56. The highest BCUT2D eigenvalue weighted by molar-refractivity contribution is 5.65. The van der Waals surface area contributed by atoms with Gasteiger partial charge < -0.3 is 15.3 Å². The molecule has 0 aliphatic carbocycles. The van der Waals surface area contributed by atoms with E-state index in [1.165, 1.54) is 4.90 Å². The molecule has 1 amide bonds. The van der Waals surface area contributed by atoms with Gasteiger partial charge in [-0.25, -0.2) is 4.79 Å². The number of nitriles is 1. The van der Waals surface area contributed by atoms with Gasteiger partial charge in [0.2, 0.25) is 0 Å². The summed E-state index contributed by atoms with van der Waals surface area (Å²) < 4.78 is 0. The Balaban J connectivity index is 2.61. The van der Waals surface area contributed by atoms with Crippen molar-refractivity contribution in [1.29, 1.82) is 5.26 Å². The summed E-state index contributed by atoms with van der Waals surface area (Å²) in [7, 11) is 0. The zero-order valence-corrected chi connectivity index (χ0v) is 7.53. The lowest BCUT2D eigenvalue weighted by molar-refractivity contribution is 0.102. The van der Waals surface area contributed by atoms with Crippen molar-refractivity contribution in [1.82, 2.24) is 10.2 Å². The summed E-state index contributed by atoms with van der Waals surface area (Å²) >= 11 is 0. The topological polar surface area (TPSA) is 76.4 Å². The van der Waals surface area contributed by atoms with Crippen LogP contribution in [-0.4, -0.2) is 41.3 Å². The number of rotatable bonds is 1. The van der Waals surface area contributed by atoms with Crippen LogP contribution < -0.4 is 5.32 Å². The van der Waals surface area contributed by atoms with Crippen molar-refractivity contribution in [3.8, 4) is 6.07 Å². The van der Waals surface area contributed by atoms with E-state index in [0.29, 0.717) is 13.1 Å². The standard InChI is InChI=1S/C8H13N3O2/c1-6-5-11(8(12)13)7(2-3-9)4-10-6/h6-7,10H,2,4-5H2,1H3,(H,12,13). The Bertz CT molecular complexity index is 236. The quantitative estimate of drug-likeness (QED) is 0.610. The summed E-state index contributed by atoms with van der Waals surface area (Å²) in [5.41, 5.74) is 0. The van der Waals surface area contributed by atoms with Crippen LogP contribution in [0.2, 0.25) is 0 Å². The summed E-state index contributed by atoms with van der Waals surface area (Å²) in [6.45, 7) is 2.96. The molecule has 1 rings (SSSR count). The first-order chi connectivity index (χ1) is 6.15. The maximum absolute atomic E-state index is 10.8. The number of nitrogens with one attached hydrogen (secondary N) is 1. The van der Waals surface area contributed by atoms with Crippen LogP contribution >= 0.6 is 0 Å². The second-order valence-corrected chi connectivity index (χ2v) is 3.26. The monoisotopic (exact) mass is 183 g/mol. The van der Waals surface area contributed by atoms with Gasteiger partial charge in [-0.3, -0.25) is 0 Å². The smallest absolute Gasteiger partial charge is 0.407 e. The molecule has 1 aliphatic heterocycles. The van der Waals surface area contributed by atoms with E-state index in [2.05, 4.69) is 5.32 Å². The van der Waals surface area contributed by atoms with Crippen LogP contribution in [0.1, 0.15) is 13.3 Å². The molecule has 5 nitrogen and oxygen atoms in total. The molecule has 1 saturated heterocycles. The molecule has 0 aromatic heterocycles. The summed E-state index contributed by atoms with van der Waals surface area (Å²) in [6.07, 6.45) is -0.681. The van der Waals surface area contributed by atoms with Crippen LogP contribution in [0.5, 0.6) is 0 Å². The third-order valence-corrected chi connectivity index (χ3v) is 2.19. The van der Waals surface area contributed by atoms with E-state index in [1.807, 2.05) is 13.0 Å². The highest BCUT2D eigenvalue weighted by Crippen LogP contribution is 2.09. The predicted molar refractivity (Wildman–Crippen MR) is 46.2 cm³/mol. The van der Waals surface area contributed by atoms with E-state index in [0.717, 1.165) is 0 Å². The summed E-state index contributed by atoms with van der Waals surface area (Å²) in [5.74, 6) is 0. The normalized spacial score (nSPS) is 28.2. The number of carboxylic acid groups (broad SMARTS) is 1. The predicted octanol–water partition coefficient (Wildman–Crippen LogP) is 0.240. The van der Waals surface area contributed by atoms with Gasteiger partial charge in [0.05, 0.1) is 18.5 Å².